The second-order valence-corrected chi connectivity index (χ2v) is 5.53. The Hall–Kier alpha value is -0.220. The minimum atomic E-state index is 0.487. The number of thioether (sulfide) groups is 1. The van der Waals surface area contributed by atoms with E-state index in [1.807, 2.05) is 11.8 Å². The van der Waals surface area contributed by atoms with Crippen LogP contribution in [0, 0.1) is 0 Å². The van der Waals surface area contributed by atoms with Gasteiger partial charge in [0.15, 0.2) is 5.17 Å². The fourth-order valence-corrected chi connectivity index (χ4v) is 2.63. The first-order chi connectivity index (χ1) is 7.15. The molecule has 1 rings (SSSR count). The van der Waals surface area contributed by atoms with Gasteiger partial charge in [-0.15, -0.1) is 0 Å². The van der Waals surface area contributed by atoms with Gasteiger partial charge in [0.2, 0.25) is 0 Å². The molecule has 3 nitrogen and oxygen atoms in total. The highest BCUT2D eigenvalue weighted by molar-refractivity contribution is 8.14. The summed E-state index contributed by atoms with van der Waals surface area (Å²) in [7, 11) is 0. The molecule has 88 valence electrons. The Morgan fingerprint density at radius 3 is 2.67 bits per heavy atom. The molecule has 15 heavy (non-hydrogen) atoms. The Kier molecular flexibility index (Phi) is 5.47. The third-order valence-corrected chi connectivity index (χ3v) is 3.62. The summed E-state index contributed by atoms with van der Waals surface area (Å²) in [6.45, 7) is 13.2. The van der Waals surface area contributed by atoms with Crippen LogP contribution in [0.3, 0.4) is 0 Å². The normalized spacial score (nSPS) is 23.0. The summed E-state index contributed by atoms with van der Waals surface area (Å²) >= 11 is 1.86. The Morgan fingerprint density at radius 1 is 1.53 bits per heavy atom. The van der Waals surface area contributed by atoms with Crippen LogP contribution in [0.2, 0.25) is 0 Å². The molecule has 1 aliphatic heterocycles. The van der Waals surface area contributed by atoms with Gasteiger partial charge in [-0.05, 0) is 20.0 Å². The molecule has 0 spiro atoms. The van der Waals surface area contributed by atoms with Gasteiger partial charge in [-0.2, -0.15) is 0 Å². The van der Waals surface area contributed by atoms with Crippen molar-refractivity contribution in [3.8, 4) is 0 Å². The molecule has 0 amide bonds. The van der Waals surface area contributed by atoms with Crippen LogP contribution in [-0.4, -0.2) is 47.5 Å². The molecule has 0 aliphatic carbocycles. The average Bonchev–Trinajstić information content (AvgIpc) is 2.60. The Bertz CT molecular complexity index is 214. The third kappa shape index (κ3) is 4.43. The molecule has 0 fully saturated rings. The zero-order valence-electron chi connectivity index (χ0n) is 10.3. The van der Waals surface area contributed by atoms with E-state index >= 15 is 0 Å². The maximum atomic E-state index is 4.47. The molecular weight excluding hydrogens is 206 g/mol. The van der Waals surface area contributed by atoms with Crippen LogP contribution in [0.15, 0.2) is 4.99 Å². The number of nitrogens with one attached hydrogen (secondary N) is 1. The van der Waals surface area contributed by atoms with E-state index in [9.17, 15) is 0 Å². The predicted octanol–water partition coefficient (Wildman–Crippen LogP) is 1.80. The fraction of sp³-hybridized carbons (Fsp3) is 0.909. The SMILES string of the molecule is CCN(CC)CC(C)NC1=NCC(C)S1. The van der Waals surface area contributed by atoms with Crippen molar-refractivity contribution < 1.29 is 0 Å². The van der Waals surface area contributed by atoms with Gasteiger partial charge in [-0.3, -0.25) is 4.99 Å². The molecule has 0 bridgehead atoms. The number of rotatable bonds is 5. The molecule has 1 heterocycles. The van der Waals surface area contributed by atoms with Crippen molar-refractivity contribution in [1.82, 2.24) is 10.2 Å². The maximum absolute atomic E-state index is 4.47. The Balaban J connectivity index is 2.26. The van der Waals surface area contributed by atoms with Crippen LogP contribution < -0.4 is 5.32 Å². The van der Waals surface area contributed by atoms with E-state index in [2.05, 4.69) is 42.9 Å². The summed E-state index contributed by atoms with van der Waals surface area (Å²) in [6, 6.07) is 0.487. The van der Waals surface area contributed by atoms with Gasteiger partial charge in [-0.1, -0.05) is 32.5 Å². The standard InChI is InChI=1S/C11H23N3S/c1-5-14(6-2)8-9(3)13-11-12-7-10(4)15-11/h9-10H,5-8H2,1-4H3,(H,12,13). The van der Waals surface area contributed by atoms with Crippen LogP contribution in [0.25, 0.3) is 0 Å². The summed E-state index contributed by atoms with van der Waals surface area (Å²) in [5.41, 5.74) is 0. The van der Waals surface area contributed by atoms with Gasteiger partial charge >= 0.3 is 0 Å². The number of hydrogen-bond acceptors (Lipinski definition) is 4. The van der Waals surface area contributed by atoms with Crippen molar-refractivity contribution in [1.29, 1.82) is 0 Å². The molecule has 2 unspecified atom stereocenters. The highest BCUT2D eigenvalue weighted by Gasteiger charge is 2.17. The van der Waals surface area contributed by atoms with E-state index < -0.39 is 0 Å². The monoisotopic (exact) mass is 229 g/mol. The third-order valence-electron chi connectivity index (χ3n) is 2.60. The van der Waals surface area contributed by atoms with E-state index in [1.165, 1.54) is 0 Å². The molecule has 0 aromatic carbocycles. The maximum Gasteiger partial charge on any atom is 0.157 e. The minimum absolute atomic E-state index is 0.487. The highest BCUT2D eigenvalue weighted by atomic mass is 32.2. The first-order valence-electron chi connectivity index (χ1n) is 5.85. The average molecular weight is 229 g/mol. The number of amidine groups is 1. The lowest BCUT2D eigenvalue weighted by atomic mass is 10.3. The molecule has 4 heteroatoms. The second kappa shape index (κ2) is 6.38. The van der Waals surface area contributed by atoms with Crippen molar-refractivity contribution in [2.24, 2.45) is 4.99 Å². The first-order valence-corrected chi connectivity index (χ1v) is 6.73. The zero-order valence-corrected chi connectivity index (χ0v) is 11.1. The predicted molar refractivity (Wildman–Crippen MR) is 69.7 cm³/mol. The number of aliphatic imine (C=N–C) groups is 1. The number of nitrogens with zero attached hydrogens (tertiary/aromatic N) is 2. The first kappa shape index (κ1) is 12.8. The molecular formula is C11H23N3S. The van der Waals surface area contributed by atoms with Gasteiger partial charge in [0.05, 0.1) is 6.54 Å². The molecule has 0 radical (unpaired) electrons. The van der Waals surface area contributed by atoms with E-state index in [1.54, 1.807) is 0 Å². The van der Waals surface area contributed by atoms with Crippen LogP contribution >= 0.6 is 11.8 Å². The van der Waals surface area contributed by atoms with E-state index in [0.29, 0.717) is 11.3 Å². The summed E-state index contributed by atoms with van der Waals surface area (Å²) in [6.07, 6.45) is 0. The topological polar surface area (TPSA) is 27.6 Å². The lowest BCUT2D eigenvalue weighted by molar-refractivity contribution is 0.282. The lowest BCUT2D eigenvalue weighted by Crippen LogP contribution is -2.40. The number of hydrogen-bond donors (Lipinski definition) is 1. The molecule has 0 aromatic rings. The van der Waals surface area contributed by atoms with Crippen molar-refractivity contribution in [3.63, 3.8) is 0 Å². The van der Waals surface area contributed by atoms with E-state index in [4.69, 9.17) is 0 Å². The molecule has 2 atom stereocenters. The van der Waals surface area contributed by atoms with Gasteiger partial charge in [0.25, 0.3) is 0 Å². The number of likely N-dealkylation sites (N-methyl/N-ethyl adjacent to an activating group) is 1. The van der Waals surface area contributed by atoms with E-state index in [0.717, 1.165) is 31.3 Å². The summed E-state index contributed by atoms with van der Waals surface area (Å²) < 4.78 is 0. The summed E-state index contributed by atoms with van der Waals surface area (Å²) in [5.74, 6) is 0. The minimum Gasteiger partial charge on any atom is -0.361 e. The van der Waals surface area contributed by atoms with Crippen LogP contribution in [0.5, 0.6) is 0 Å². The van der Waals surface area contributed by atoms with Crippen molar-refractivity contribution in [3.05, 3.63) is 0 Å². The van der Waals surface area contributed by atoms with Crippen LogP contribution in [0.1, 0.15) is 27.7 Å². The zero-order chi connectivity index (χ0) is 11.3. The molecule has 0 saturated heterocycles. The Labute approximate surface area is 97.7 Å². The van der Waals surface area contributed by atoms with Crippen LogP contribution in [-0.2, 0) is 0 Å². The smallest absolute Gasteiger partial charge is 0.157 e. The molecule has 1 aliphatic rings. The van der Waals surface area contributed by atoms with Gasteiger partial charge in [0.1, 0.15) is 0 Å². The Morgan fingerprint density at radius 2 is 2.20 bits per heavy atom. The highest BCUT2D eigenvalue weighted by Crippen LogP contribution is 2.18. The van der Waals surface area contributed by atoms with Crippen molar-refractivity contribution in [2.45, 2.75) is 39.0 Å². The molecule has 0 saturated carbocycles. The molecule has 1 N–H and O–H groups in total. The van der Waals surface area contributed by atoms with Crippen molar-refractivity contribution >= 4 is 16.9 Å². The molecule has 0 aromatic heterocycles. The van der Waals surface area contributed by atoms with Gasteiger partial charge in [0, 0.05) is 17.8 Å². The van der Waals surface area contributed by atoms with E-state index in [-0.39, 0.29) is 0 Å². The van der Waals surface area contributed by atoms with Crippen molar-refractivity contribution in [2.75, 3.05) is 26.2 Å². The van der Waals surface area contributed by atoms with Crippen LogP contribution in [0.4, 0.5) is 0 Å². The van der Waals surface area contributed by atoms with Gasteiger partial charge < -0.3 is 10.2 Å². The lowest BCUT2D eigenvalue weighted by Gasteiger charge is -2.23. The second-order valence-electron chi connectivity index (χ2n) is 4.11. The summed E-state index contributed by atoms with van der Waals surface area (Å²) in [5, 5.41) is 5.25. The fourth-order valence-electron chi connectivity index (χ4n) is 1.68. The quantitative estimate of drug-likeness (QED) is 0.779. The van der Waals surface area contributed by atoms with Gasteiger partial charge in [-0.25, -0.2) is 0 Å². The summed E-state index contributed by atoms with van der Waals surface area (Å²) in [4.78, 5) is 6.90. The largest absolute Gasteiger partial charge is 0.361 e.